The maximum absolute atomic E-state index is 12.2. The molecular weight excluding hydrogens is 304 g/mol. The highest BCUT2D eigenvalue weighted by Crippen LogP contribution is 2.36. The van der Waals surface area contributed by atoms with Gasteiger partial charge in [0.1, 0.15) is 0 Å². The minimum Gasteiger partial charge on any atom is -0.493 e. The van der Waals surface area contributed by atoms with Crippen LogP contribution < -0.4 is 14.8 Å². The molecule has 1 aliphatic rings. The Morgan fingerprint density at radius 2 is 1.71 bits per heavy atom. The summed E-state index contributed by atoms with van der Waals surface area (Å²) in [5.74, 6) is 1.53. The van der Waals surface area contributed by atoms with E-state index < -0.39 is 0 Å². The van der Waals surface area contributed by atoms with Crippen LogP contribution in [0.2, 0.25) is 0 Å². The van der Waals surface area contributed by atoms with Crippen molar-refractivity contribution in [2.75, 3.05) is 27.3 Å². The average Bonchev–Trinajstić information content (AvgIpc) is 2.55. The van der Waals surface area contributed by atoms with E-state index in [0.29, 0.717) is 35.7 Å². The average molecular weight is 334 g/mol. The second-order valence-electron chi connectivity index (χ2n) is 6.92. The Labute approximate surface area is 145 Å². The number of ether oxygens (including phenoxy) is 2. The highest BCUT2D eigenvalue weighted by atomic mass is 16.5. The highest BCUT2D eigenvalue weighted by molar-refractivity contribution is 5.97. The van der Waals surface area contributed by atoms with Crippen LogP contribution in [0.4, 0.5) is 0 Å². The summed E-state index contributed by atoms with van der Waals surface area (Å²) < 4.78 is 10.8. The molecule has 0 saturated heterocycles. The molecular formula is C19H30N2O3. The molecule has 0 aromatic heterocycles. The first kappa shape index (κ1) is 18.6. The molecule has 5 nitrogen and oxygen atoms in total. The summed E-state index contributed by atoms with van der Waals surface area (Å²) in [6.45, 7) is 10.6. The van der Waals surface area contributed by atoms with Crippen LogP contribution in [0.5, 0.6) is 11.5 Å². The van der Waals surface area contributed by atoms with Crippen LogP contribution in [0.1, 0.15) is 56.0 Å². The van der Waals surface area contributed by atoms with Gasteiger partial charge in [-0.1, -0.05) is 0 Å². The minimum atomic E-state index is -0.0354. The fourth-order valence-electron chi connectivity index (χ4n) is 3.53. The number of methoxy groups -OCH3 is 2. The van der Waals surface area contributed by atoms with Crippen molar-refractivity contribution in [2.24, 2.45) is 0 Å². The number of carbonyl (C=O) groups excluding carboxylic acids is 1. The lowest BCUT2D eigenvalue weighted by atomic mass is 9.87. The Balaban J connectivity index is 2.26. The van der Waals surface area contributed by atoms with Crippen molar-refractivity contribution in [1.29, 1.82) is 0 Å². The van der Waals surface area contributed by atoms with Gasteiger partial charge in [-0.15, -0.1) is 0 Å². The number of amides is 1. The lowest BCUT2D eigenvalue weighted by Crippen LogP contribution is -2.40. The summed E-state index contributed by atoms with van der Waals surface area (Å²) in [5, 5.41) is 3.01. The van der Waals surface area contributed by atoms with Crippen molar-refractivity contribution >= 4 is 5.91 Å². The van der Waals surface area contributed by atoms with Crippen LogP contribution in [-0.2, 0) is 0 Å². The quantitative estimate of drug-likeness (QED) is 0.833. The topological polar surface area (TPSA) is 50.8 Å². The lowest BCUT2D eigenvalue weighted by Gasteiger charge is -2.33. The van der Waals surface area contributed by atoms with Gasteiger partial charge in [-0.3, -0.25) is 9.69 Å². The molecule has 1 heterocycles. The number of fused-ring (bicyclic) bond motifs is 1. The van der Waals surface area contributed by atoms with Gasteiger partial charge in [0.15, 0.2) is 11.5 Å². The van der Waals surface area contributed by atoms with Gasteiger partial charge in [-0.25, -0.2) is 0 Å². The Morgan fingerprint density at radius 3 is 2.25 bits per heavy atom. The first-order valence-electron chi connectivity index (χ1n) is 8.68. The predicted molar refractivity (Wildman–Crippen MR) is 96.2 cm³/mol. The first-order valence-corrected chi connectivity index (χ1v) is 8.68. The molecule has 1 atom stereocenters. The number of nitrogens with one attached hydrogen (secondary N) is 1. The number of carbonyl (C=O) groups is 1. The molecule has 1 aromatic rings. The summed E-state index contributed by atoms with van der Waals surface area (Å²) in [5.41, 5.74) is 1.76. The van der Waals surface area contributed by atoms with Crippen molar-refractivity contribution < 1.29 is 14.3 Å². The molecule has 0 radical (unpaired) electrons. The Hall–Kier alpha value is -1.75. The van der Waals surface area contributed by atoms with Crippen LogP contribution >= 0.6 is 0 Å². The van der Waals surface area contributed by atoms with E-state index in [1.807, 2.05) is 6.07 Å². The van der Waals surface area contributed by atoms with Crippen molar-refractivity contribution in [2.45, 2.75) is 52.1 Å². The summed E-state index contributed by atoms with van der Waals surface area (Å²) >= 11 is 0. The fraction of sp³-hybridized carbons (Fsp3) is 0.632. The summed E-state index contributed by atoms with van der Waals surface area (Å²) in [6, 6.07) is 4.77. The summed E-state index contributed by atoms with van der Waals surface area (Å²) in [4.78, 5) is 14.7. The molecule has 1 amide bonds. The fourth-order valence-corrected chi connectivity index (χ4v) is 3.53. The Kier molecular flexibility index (Phi) is 6.10. The molecule has 0 aliphatic carbocycles. The number of hydrogen-bond acceptors (Lipinski definition) is 4. The number of nitrogens with zero attached hydrogens (tertiary/aromatic N) is 1. The third-order valence-electron chi connectivity index (χ3n) is 4.81. The van der Waals surface area contributed by atoms with Crippen LogP contribution in [0.25, 0.3) is 0 Å². The van der Waals surface area contributed by atoms with E-state index in [0.717, 1.165) is 18.5 Å². The Morgan fingerprint density at radius 1 is 1.12 bits per heavy atom. The largest absolute Gasteiger partial charge is 0.493 e. The standard InChI is InChI=1S/C19H30N2O3/c1-12(2)21(13(3)4)8-7-14-11-20-19(22)16-10-18(24-6)17(23-5)9-15(14)16/h9-10,12-14H,7-8,11H2,1-6H3,(H,20,22). The molecule has 0 fully saturated rings. The minimum absolute atomic E-state index is 0.0354. The van der Waals surface area contributed by atoms with Crippen molar-refractivity contribution in [3.63, 3.8) is 0 Å². The zero-order chi connectivity index (χ0) is 17.9. The summed E-state index contributed by atoms with van der Waals surface area (Å²) in [7, 11) is 3.22. The highest BCUT2D eigenvalue weighted by Gasteiger charge is 2.28. The maximum Gasteiger partial charge on any atom is 0.251 e. The molecule has 1 N–H and O–H groups in total. The van der Waals surface area contributed by atoms with Gasteiger partial charge >= 0.3 is 0 Å². The number of hydrogen-bond donors (Lipinski definition) is 1. The van der Waals surface area contributed by atoms with Gasteiger partial charge < -0.3 is 14.8 Å². The SMILES string of the molecule is COc1cc2c(cc1OC)C(CCN(C(C)C)C(C)C)CNC2=O. The first-order chi connectivity index (χ1) is 11.4. The zero-order valence-electron chi connectivity index (χ0n) is 15.7. The zero-order valence-corrected chi connectivity index (χ0v) is 15.7. The monoisotopic (exact) mass is 334 g/mol. The molecule has 5 heteroatoms. The van der Waals surface area contributed by atoms with Crippen LogP contribution in [0, 0.1) is 0 Å². The van der Waals surface area contributed by atoms with Crippen molar-refractivity contribution in [3.8, 4) is 11.5 Å². The molecule has 134 valence electrons. The molecule has 1 aliphatic heterocycles. The third kappa shape index (κ3) is 3.83. The van der Waals surface area contributed by atoms with E-state index in [4.69, 9.17) is 9.47 Å². The molecule has 1 aromatic carbocycles. The van der Waals surface area contributed by atoms with E-state index >= 15 is 0 Å². The van der Waals surface area contributed by atoms with E-state index in [2.05, 4.69) is 37.9 Å². The van der Waals surface area contributed by atoms with E-state index in [-0.39, 0.29) is 11.8 Å². The normalized spacial score (nSPS) is 17.2. The van der Waals surface area contributed by atoms with Crippen molar-refractivity contribution in [1.82, 2.24) is 10.2 Å². The number of benzene rings is 1. The predicted octanol–water partition coefficient (Wildman–Crippen LogP) is 3.04. The molecule has 0 saturated carbocycles. The van der Waals surface area contributed by atoms with Crippen molar-refractivity contribution in [3.05, 3.63) is 23.3 Å². The van der Waals surface area contributed by atoms with Gasteiger partial charge in [0.2, 0.25) is 0 Å². The second kappa shape index (κ2) is 7.88. The summed E-state index contributed by atoms with van der Waals surface area (Å²) in [6.07, 6.45) is 0.999. The van der Waals surface area contributed by atoms with Crippen LogP contribution in [0.3, 0.4) is 0 Å². The van der Waals surface area contributed by atoms with Gasteiger partial charge in [-0.05, 0) is 58.4 Å². The molecule has 0 spiro atoms. The van der Waals surface area contributed by atoms with Crippen LogP contribution in [0.15, 0.2) is 12.1 Å². The van der Waals surface area contributed by atoms with Gasteiger partial charge in [0, 0.05) is 30.1 Å². The molecule has 0 bridgehead atoms. The molecule has 2 rings (SSSR count). The van der Waals surface area contributed by atoms with Gasteiger partial charge in [0.25, 0.3) is 5.91 Å². The number of rotatable bonds is 7. The van der Waals surface area contributed by atoms with Crippen LogP contribution in [-0.4, -0.2) is 50.2 Å². The van der Waals surface area contributed by atoms with Gasteiger partial charge in [0.05, 0.1) is 14.2 Å². The second-order valence-corrected chi connectivity index (χ2v) is 6.92. The van der Waals surface area contributed by atoms with Gasteiger partial charge in [-0.2, -0.15) is 0 Å². The van der Waals surface area contributed by atoms with E-state index in [1.165, 1.54) is 0 Å². The molecule has 1 unspecified atom stereocenters. The van der Waals surface area contributed by atoms with E-state index in [1.54, 1.807) is 20.3 Å². The Bertz CT molecular complexity index is 576. The lowest BCUT2D eigenvalue weighted by molar-refractivity contribution is 0.0935. The van der Waals surface area contributed by atoms with E-state index in [9.17, 15) is 4.79 Å². The maximum atomic E-state index is 12.2. The molecule has 24 heavy (non-hydrogen) atoms. The smallest absolute Gasteiger partial charge is 0.251 e. The third-order valence-corrected chi connectivity index (χ3v) is 4.81.